The lowest BCUT2D eigenvalue weighted by molar-refractivity contribution is 0.101. The quantitative estimate of drug-likeness (QED) is 0.196. The molecule has 0 aliphatic heterocycles. The van der Waals surface area contributed by atoms with Gasteiger partial charge in [0, 0.05) is 36.5 Å². The van der Waals surface area contributed by atoms with Crippen LogP contribution in [0.1, 0.15) is 41.2 Å². The summed E-state index contributed by atoms with van der Waals surface area (Å²) in [7, 11) is 1.66. The highest BCUT2D eigenvalue weighted by Gasteiger charge is 2.17. The molecule has 0 N–H and O–H groups in total. The van der Waals surface area contributed by atoms with Crippen molar-refractivity contribution in [3.8, 4) is 5.75 Å². The molecule has 0 spiro atoms. The van der Waals surface area contributed by atoms with Crippen LogP contribution in [0.25, 0.3) is 20.4 Å². The predicted octanol–water partition coefficient (Wildman–Crippen LogP) is 8.28. The lowest BCUT2D eigenvalue weighted by Crippen LogP contribution is -2.06. The SMILES string of the molecule is CCc1cc2ccsc2n1Cc1ccccc1.COc1csc2c1cc(C(C)=O)n2Cc1ccccc1. The van der Waals surface area contributed by atoms with Gasteiger partial charge < -0.3 is 13.9 Å². The molecule has 2 aromatic carbocycles. The van der Waals surface area contributed by atoms with Crippen molar-refractivity contribution in [3.63, 3.8) is 0 Å². The fraction of sp³-hybridized carbons (Fsp3) is 0.194. The molecule has 0 radical (unpaired) electrons. The highest BCUT2D eigenvalue weighted by atomic mass is 32.1. The van der Waals surface area contributed by atoms with E-state index in [0.29, 0.717) is 6.54 Å². The molecule has 4 aromatic heterocycles. The lowest BCUT2D eigenvalue weighted by atomic mass is 10.2. The Bertz CT molecular complexity index is 1620. The molecule has 0 aliphatic carbocycles. The van der Waals surface area contributed by atoms with E-state index in [1.54, 1.807) is 25.4 Å². The number of hydrogen-bond donors (Lipinski definition) is 0. The monoisotopic (exact) mass is 526 g/mol. The van der Waals surface area contributed by atoms with E-state index in [-0.39, 0.29) is 5.78 Å². The van der Waals surface area contributed by atoms with E-state index in [9.17, 15) is 4.79 Å². The first kappa shape index (κ1) is 25.1. The number of nitrogens with zero attached hydrogens (tertiary/aromatic N) is 2. The molecular weight excluding hydrogens is 496 g/mol. The summed E-state index contributed by atoms with van der Waals surface area (Å²) >= 11 is 3.44. The van der Waals surface area contributed by atoms with Gasteiger partial charge in [0.25, 0.3) is 0 Å². The third kappa shape index (κ3) is 5.26. The standard InChI is InChI=1S/C16H15NO2S.C15H15NS/c1-11(18)14-8-13-15(19-2)10-20-16(13)17(14)9-12-6-4-3-5-7-12;1-2-14-10-13-8-9-17-15(13)16(14)11-12-6-4-3-5-7-12/h3-8,10H,9H2,1-2H3;3-10H,2,11H2,1H3. The molecule has 6 aromatic rings. The van der Waals surface area contributed by atoms with Gasteiger partial charge in [-0.25, -0.2) is 0 Å². The number of ketones is 1. The van der Waals surface area contributed by atoms with Crippen molar-refractivity contribution in [2.45, 2.75) is 33.4 Å². The summed E-state index contributed by atoms with van der Waals surface area (Å²) in [6, 6.07) is 27.3. The number of benzene rings is 2. The summed E-state index contributed by atoms with van der Waals surface area (Å²) in [6.07, 6.45) is 1.09. The first-order valence-corrected chi connectivity index (χ1v) is 14.1. The number of hydrogen-bond acceptors (Lipinski definition) is 4. The molecule has 6 rings (SSSR count). The number of thiophene rings is 2. The number of aromatic nitrogens is 2. The van der Waals surface area contributed by atoms with E-state index in [2.05, 4.69) is 76.0 Å². The number of ether oxygens (including phenoxy) is 1. The Morgan fingerprint density at radius 1 is 0.838 bits per heavy atom. The van der Waals surface area contributed by atoms with Gasteiger partial charge in [0.2, 0.25) is 0 Å². The first-order valence-electron chi connectivity index (χ1n) is 12.4. The summed E-state index contributed by atoms with van der Waals surface area (Å²) in [5, 5.41) is 6.54. The van der Waals surface area contributed by atoms with E-state index in [0.717, 1.165) is 34.6 Å². The van der Waals surface area contributed by atoms with Crippen molar-refractivity contribution in [2.24, 2.45) is 0 Å². The van der Waals surface area contributed by atoms with Crippen molar-refractivity contribution < 1.29 is 9.53 Å². The van der Waals surface area contributed by atoms with Crippen molar-refractivity contribution >= 4 is 48.9 Å². The van der Waals surface area contributed by atoms with E-state index >= 15 is 0 Å². The predicted molar refractivity (Wildman–Crippen MR) is 157 cm³/mol. The Morgan fingerprint density at radius 3 is 2.08 bits per heavy atom. The number of aryl methyl sites for hydroxylation is 1. The van der Waals surface area contributed by atoms with Crippen molar-refractivity contribution in [3.05, 3.63) is 112 Å². The Morgan fingerprint density at radius 2 is 1.49 bits per heavy atom. The van der Waals surface area contributed by atoms with Gasteiger partial charge in [-0.1, -0.05) is 67.6 Å². The minimum absolute atomic E-state index is 0.0754. The normalized spacial score (nSPS) is 11.0. The van der Waals surface area contributed by atoms with Gasteiger partial charge in [-0.2, -0.15) is 0 Å². The smallest absolute Gasteiger partial charge is 0.176 e. The molecule has 0 fully saturated rings. The summed E-state index contributed by atoms with van der Waals surface area (Å²) in [5.74, 6) is 0.908. The van der Waals surface area contributed by atoms with Gasteiger partial charge >= 0.3 is 0 Å². The lowest BCUT2D eigenvalue weighted by Gasteiger charge is -2.08. The number of methoxy groups -OCH3 is 1. The second kappa shape index (κ2) is 11.2. The molecule has 4 nitrogen and oxygen atoms in total. The first-order chi connectivity index (χ1) is 18.1. The Balaban J connectivity index is 0.000000153. The molecule has 37 heavy (non-hydrogen) atoms. The van der Waals surface area contributed by atoms with E-state index in [4.69, 9.17) is 4.74 Å². The summed E-state index contributed by atoms with van der Waals surface area (Å²) in [5.41, 5.74) is 4.71. The van der Waals surface area contributed by atoms with Gasteiger partial charge in [0.15, 0.2) is 5.78 Å². The van der Waals surface area contributed by atoms with Gasteiger partial charge in [-0.15, -0.1) is 22.7 Å². The maximum absolute atomic E-state index is 11.9. The fourth-order valence-electron chi connectivity index (χ4n) is 4.64. The molecule has 0 atom stereocenters. The van der Waals surface area contributed by atoms with Crippen LogP contribution in [0.4, 0.5) is 0 Å². The van der Waals surface area contributed by atoms with Crippen LogP contribution >= 0.6 is 22.7 Å². The van der Waals surface area contributed by atoms with Gasteiger partial charge in [0.1, 0.15) is 15.4 Å². The van der Waals surface area contributed by atoms with Gasteiger partial charge in [0.05, 0.1) is 18.2 Å². The van der Waals surface area contributed by atoms with Crippen molar-refractivity contribution in [2.75, 3.05) is 7.11 Å². The zero-order valence-electron chi connectivity index (χ0n) is 21.3. The molecule has 0 bridgehead atoms. The zero-order chi connectivity index (χ0) is 25.8. The zero-order valence-corrected chi connectivity index (χ0v) is 22.9. The number of rotatable bonds is 7. The highest BCUT2D eigenvalue weighted by Crippen LogP contribution is 2.35. The van der Waals surface area contributed by atoms with Gasteiger partial charge in [-0.3, -0.25) is 4.79 Å². The highest BCUT2D eigenvalue weighted by molar-refractivity contribution is 7.17. The second-order valence-corrected chi connectivity index (χ2v) is 10.7. The van der Waals surface area contributed by atoms with Crippen molar-refractivity contribution in [1.82, 2.24) is 9.13 Å². The maximum atomic E-state index is 11.9. The largest absolute Gasteiger partial charge is 0.495 e. The number of Topliss-reactive ketones (excluding diaryl/α,β-unsaturated/α-hetero) is 1. The summed E-state index contributed by atoms with van der Waals surface area (Å²) < 4.78 is 9.86. The number of carbonyl (C=O) groups excluding carboxylic acids is 1. The third-order valence-electron chi connectivity index (χ3n) is 6.49. The molecule has 4 heterocycles. The van der Waals surface area contributed by atoms with Crippen LogP contribution in [0.2, 0.25) is 0 Å². The molecule has 0 amide bonds. The minimum atomic E-state index is 0.0754. The van der Waals surface area contributed by atoms with Crippen LogP contribution in [0.5, 0.6) is 5.75 Å². The molecule has 6 heteroatoms. The second-order valence-electron chi connectivity index (χ2n) is 8.92. The molecular formula is C31H30N2O2S2. The Kier molecular flexibility index (Phi) is 7.58. The van der Waals surface area contributed by atoms with Crippen LogP contribution in [-0.2, 0) is 19.5 Å². The third-order valence-corrected chi connectivity index (χ3v) is 8.44. The average Bonchev–Trinajstić information content (AvgIpc) is 3.68. The van der Waals surface area contributed by atoms with E-state index in [1.165, 1.54) is 27.0 Å². The average molecular weight is 527 g/mol. The Hall–Kier alpha value is -3.61. The maximum Gasteiger partial charge on any atom is 0.176 e. The van der Waals surface area contributed by atoms with Crippen LogP contribution < -0.4 is 4.74 Å². The van der Waals surface area contributed by atoms with Crippen LogP contribution in [0, 0.1) is 0 Å². The molecule has 0 saturated carbocycles. The van der Waals surface area contributed by atoms with E-state index in [1.807, 2.05) is 41.0 Å². The molecule has 0 unspecified atom stereocenters. The minimum Gasteiger partial charge on any atom is -0.495 e. The Labute approximate surface area is 225 Å². The molecule has 0 aliphatic rings. The van der Waals surface area contributed by atoms with Crippen LogP contribution in [-0.4, -0.2) is 22.0 Å². The van der Waals surface area contributed by atoms with Crippen LogP contribution in [0.15, 0.2) is 89.6 Å². The van der Waals surface area contributed by atoms with E-state index < -0.39 is 0 Å². The number of fused-ring (bicyclic) bond motifs is 2. The molecule has 188 valence electrons. The van der Waals surface area contributed by atoms with Gasteiger partial charge in [-0.05, 0) is 41.1 Å². The van der Waals surface area contributed by atoms with Crippen LogP contribution in [0.3, 0.4) is 0 Å². The fourth-order valence-corrected chi connectivity index (χ4v) is 6.57. The summed E-state index contributed by atoms with van der Waals surface area (Å²) in [4.78, 5) is 14.3. The van der Waals surface area contributed by atoms with Crippen molar-refractivity contribution in [1.29, 1.82) is 0 Å². The topological polar surface area (TPSA) is 36.2 Å². The molecule has 0 saturated heterocycles. The number of carbonyl (C=O) groups is 1. The summed E-state index contributed by atoms with van der Waals surface area (Å²) in [6.45, 7) is 5.50.